The number of amides is 1. The largest absolute Gasteiger partial charge is 0.489 e. The second-order valence-corrected chi connectivity index (χ2v) is 6.76. The number of hydrogen-bond acceptors (Lipinski definition) is 3. The van der Waals surface area contributed by atoms with Crippen LogP contribution in [0.2, 0.25) is 0 Å². The lowest BCUT2D eigenvalue weighted by Crippen LogP contribution is -2.28. The molecule has 3 aromatic rings. The Balaban J connectivity index is 1.71. The number of carboxylic acids is 1. The molecule has 0 saturated heterocycles. The van der Waals surface area contributed by atoms with E-state index in [0.717, 1.165) is 29.3 Å². The lowest BCUT2D eigenvalue weighted by atomic mass is 10.1. The van der Waals surface area contributed by atoms with Crippen LogP contribution >= 0.6 is 0 Å². The number of carbonyl (C=O) groups is 2. The van der Waals surface area contributed by atoms with Crippen LogP contribution in [0.1, 0.15) is 27.0 Å². The first kappa shape index (κ1) is 21.7. The number of aryl methyl sites for hydroxylation is 1. The molecule has 31 heavy (non-hydrogen) atoms. The van der Waals surface area contributed by atoms with Crippen LogP contribution < -0.4 is 10.1 Å². The summed E-state index contributed by atoms with van der Waals surface area (Å²) < 4.78 is 33.2. The van der Waals surface area contributed by atoms with Crippen LogP contribution in [0.3, 0.4) is 0 Å². The van der Waals surface area contributed by atoms with Gasteiger partial charge in [0.25, 0.3) is 5.91 Å². The molecule has 7 heteroatoms. The molecule has 0 aliphatic carbocycles. The Hall–Kier alpha value is -4.00. The van der Waals surface area contributed by atoms with Gasteiger partial charge >= 0.3 is 5.97 Å². The number of ether oxygens (including phenoxy) is 1. The van der Waals surface area contributed by atoms with E-state index in [4.69, 9.17) is 4.74 Å². The second kappa shape index (κ2) is 9.67. The molecule has 0 saturated carbocycles. The van der Waals surface area contributed by atoms with Crippen molar-refractivity contribution < 1.29 is 28.2 Å². The maximum absolute atomic E-state index is 13.8. The molecule has 0 unspecified atom stereocenters. The summed E-state index contributed by atoms with van der Waals surface area (Å²) in [6, 6.07) is 17.3. The van der Waals surface area contributed by atoms with E-state index in [0.29, 0.717) is 17.9 Å². The fourth-order valence-electron chi connectivity index (χ4n) is 2.85. The highest BCUT2D eigenvalue weighted by Crippen LogP contribution is 2.17. The summed E-state index contributed by atoms with van der Waals surface area (Å²) in [7, 11) is 0. The van der Waals surface area contributed by atoms with Crippen molar-refractivity contribution in [3.05, 3.63) is 106 Å². The lowest BCUT2D eigenvalue weighted by Gasteiger charge is -2.09. The Bertz CT molecular complexity index is 1120. The van der Waals surface area contributed by atoms with Gasteiger partial charge in [-0.1, -0.05) is 48.0 Å². The molecule has 0 atom stereocenters. The Morgan fingerprint density at radius 2 is 1.65 bits per heavy atom. The topological polar surface area (TPSA) is 75.6 Å². The highest BCUT2D eigenvalue weighted by atomic mass is 19.1. The molecule has 0 aliphatic heterocycles. The molecular formula is C24H19F2NO4. The number of aliphatic carboxylic acids is 1. The highest BCUT2D eigenvalue weighted by Gasteiger charge is 2.20. The minimum Gasteiger partial charge on any atom is -0.489 e. The summed E-state index contributed by atoms with van der Waals surface area (Å²) in [5.41, 5.74) is 1.21. The molecule has 0 bridgehead atoms. The van der Waals surface area contributed by atoms with E-state index in [1.54, 1.807) is 24.3 Å². The molecule has 1 amide bonds. The third-order valence-electron chi connectivity index (χ3n) is 4.35. The quantitative estimate of drug-likeness (QED) is 0.540. The molecule has 0 fully saturated rings. The van der Waals surface area contributed by atoms with Gasteiger partial charge in [0.2, 0.25) is 0 Å². The average Bonchev–Trinajstić information content (AvgIpc) is 2.72. The summed E-state index contributed by atoms with van der Waals surface area (Å²) in [5, 5.41) is 11.4. The molecule has 0 aromatic heterocycles. The number of halogens is 2. The molecule has 0 radical (unpaired) electrons. The van der Waals surface area contributed by atoms with Crippen LogP contribution in [-0.4, -0.2) is 17.0 Å². The van der Waals surface area contributed by atoms with Crippen molar-refractivity contribution in [1.82, 2.24) is 5.32 Å². The van der Waals surface area contributed by atoms with Gasteiger partial charge in [0.05, 0.1) is 0 Å². The predicted octanol–water partition coefficient (Wildman–Crippen LogP) is 4.71. The smallest absolute Gasteiger partial charge is 0.352 e. The molecule has 0 aliphatic rings. The van der Waals surface area contributed by atoms with E-state index in [1.807, 2.05) is 36.5 Å². The summed E-state index contributed by atoms with van der Waals surface area (Å²) in [6.45, 7) is 2.37. The van der Waals surface area contributed by atoms with E-state index in [-0.39, 0.29) is 0 Å². The Kier molecular flexibility index (Phi) is 6.77. The van der Waals surface area contributed by atoms with Gasteiger partial charge < -0.3 is 15.2 Å². The van der Waals surface area contributed by atoms with E-state index < -0.39 is 34.8 Å². The number of carbonyl (C=O) groups excluding carboxylic acids is 1. The maximum Gasteiger partial charge on any atom is 0.352 e. The van der Waals surface area contributed by atoms with Gasteiger partial charge in [-0.25, -0.2) is 13.6 Å². The van der Waals surface area contributed by atoms with Crippen molar-refractivity contribution in [3.8, 4) is 5.75 Å². The van der Waals surface area contributed by atoms with E-state index in [9.17, 15) is 23.5 Å². The number of hydrogen-bond donors (Lipinski definition) is 2. The van der Waals surface area contributed by atoms with Crippen LogP contribution in [0.15, 0.2) is 72.4 Å². The molecule has 0 spiro atoms. The molecule has 158 valence electrons. The van der Waals surface area contributed by atoms with Gasteiger partial charge in [-0.15, -0.1) is 0 Å². The van der Waals surface area contributed by atoms with Gasteiger partial charge in [0, 0.05) is 0 Å². The lowest BCUT2D eigenvalue weighted by molar-refractivity contribution is -0.132. The van der Waals surface area contributed by atoms with Gasteiger partial charge in [-0.05, 0) is 48.4 Å². The van der Waals surface area contributed by atoms with Crippen molar-refractivity contribution in [2.24, 2.45) is 0 Å². The SMILES string of the molecule is Cc1cccc(COc2ccc(C=C(NC(=O)c3c(F)cccc3F)C(=O)O)cc2)c1. The Morgan fingerprint density at radius 1 is 1.00 bits per heavy atom. The van der Waals surface area contributed by atoms with E-state index >= 15 is 0 Å². The molecule has 5 nitrogen and oxygen atoms in total. The second-order valence-electron chi connectivity index (χ2n) is 6.76. The fourth-order valence-corrected chi connectivity index (χ4v) is 2.85. The van der Waals surface area contributed by atoms with Crippen LogP contribution in [-0.2, 0) is 11.4 Å². The minimum absolute atomic E-state index is 0.376. The molecule has 0 heterocycles. The van der Waals surface area contributed by atoms with E-state index in [1.165, 1.54) is 6.08 Å². The highest BCUT2D eigenvalue weighted by molar-refractivity contribution is 6.03. The normalized spacial score (nSPS) is 11.1. The standard InChI is InChI=1S/C24H19F2NO4/c1-15-4-2-5-17(12-15)14-31-18-10-8-16(9-11-18)13-21(24(29)30)27-23(28)22-19(25)6-3-7-20(22)26/h2-13H,14H2,1H3,(H,27,28)(H,29,30). The predicted molar refractivity (Wildman–Crippen MR) is 111 cm³/mol. The summed E-state index contributed by atoms with van der Waals surface area (Å²) in [6.07, 6.45) is 1.18. The van der Waals surface area contributed by atoms with Crippen molar-refractivity contribution in [1.29, 1.82) is 0 Å². The van der Waals surface area contributed by atoms with Crippen LogP contribution in [0.25, 0.3) is 6.08 Å². The maximum atomic E-state index is 13.8. The van der Waals surface area contributed by atoms with Crippen molar-refractivity contribution in [2.45, 2.75) is 13.5 Å². The zero-order valence-electron chi connectivity index (χ0n) is 16.6. The monoisotopic (exact) mass is 423 g/mol. The Labute approximate surface area is 177 Å². The molecule has 2 N–H and O–H groups in total. The van der Waals surface area contributed by atoms with Crippen molar-refractivity contribution >= 4 is 18.0 Å². The van der Waals surface area contributed by atoms with Crippen LogP contribution in [0.5, 0.6) is 5.75 Å². The zero-order valence-corrected chi connectivity index (χ0v) is 16.6. The van der Waals surface area contributed by atoms with Gasteiger partial charge in [0.15, 0.2) is 0 Å². The molecule has 3 rings (SSSR count). The molecule has 3 aromatic carbocycles. The first-order valence-corrected chi connectivity index (χ1v) is 9.32. The Morgan fingerprint density at radius 3 is 2.26 bits per heavy atom. The van der Waals surface area contributed by atoms with Gasteiger partial charge in [-0.3, -0.25) is 4.79 Å². The summed E-state index contributed by atoms with van der Waals surface area (Å²) >= 11 is 0. The number of benzene rings is 3. The minimum atomic E-state index is -1.45. The first-order valence-electron chi connectivity index (χ1n) is 9.32. The summed E-state index contributed by atoms with van der Waals surface area (Å²) in [5.74, 6) is -4.24. The van der Waals surface area contributed by atoms with Gasteiger partial charge in [0.1, 0.15) is 35.3 Å². The number of nitrogens with one attached hydrogen (secondary N) is 1. The number of rotatable bonds is 7. The van der Waals surface area contributed by atoms with Crippen molar-refractivity contribution in [3.63, 3.8) is 0 Å². The summed E-state index contributed by atoms with van der Waals surface area (Å²) in [4.78, 5) is 23.7. The average molecular weight is 423 g/mol. The van der Waals surface area contributed by atoms with Crippen LogP contribution in [0, 0.1) is 18.6 Å². The molecular weight excluding hydrogens is 404 g/mol. The number of carboxylic acid groups (broad SMARTS) is 1. The third kappa shape index (κ3) is 5.76. The first-order chi connectivity index (χ1) is 14.8. The third-order valence-corrected chi connectivity index (χ3v) is 4.35. The van der Waals surface area contributed by atoms with Crippen molar-refractivity contribution in [2.75, 3.05) is 0 Å². The van der Waals surface area contributed by atoms with Gasteiger partial charge in [-0.2, -0.15) is 0 Å². The van der Waals surface area contributed by atoms with Crippen LogP contribution in [0.4, 0.5) is 8.78 Å². The van der Waals surface area contributed by atoms with E-state index in [2.05, 4.69) is 0 Å². The zero-order chi connectivity index (χ0) is 22.4. The fraction of sp³-hybridized carbons (Fsp3) is 0.0833.